The molecule has 8 nitrogen and oxygen atoms in total. The topological polar surface area (TPSA) is 113 Å². The van der Waals surface area contributed by atoms with Crippen LogP contribution in [0.5, 0.6) is 0 Å². The van der Waals surface area contributed by atoms with Crippen molar-refractivity contribution in [1.29, 1.82) is 0 Å². The van der Waals surface area contributed by atoms with E-state index in [0.717, 1.165) is 47.8 Å². The van der Waals surface area contributed by atoms with Crippen LogP contribution in [0.25, 0.3) is 22.2 Å². The standard InChI is InChI=1S/C23H23ClN6O2S/c24-21-11-15(20-14-27-23-19(20)4-2-10-26-23)12-22(29-21)28-16-5-7-17(8-6-16)30-33(31,32)18-3-1-9-25-13-18/h1-4,9-14,16-17,30H,5-8H2,(H,26,27)(H,28,29). The summed E-state index contributed by atoms with van der Waals surface area (Å²) >= 11 is 6.33. The van der Waals surface area contributed by atoms with Gasteiger partial charge in [-0.05, 0) is 67.6 Å². The zero-order valence-corrected chi connectivity index (χ0v) is 19.3. The van der Waals surface area contributed by atoms with Gasteiger partial charge >= 0.3 is 0 Å². The molecule has 1 aliphatic rings. The van der Waals surface area contributed by atoms with E-state index in [4.69, 9.17) is 11.6 Å². The van der Waals surface area contributed by atoms with Gasteiger partial charge in [0.1, 0.15) is 21.5 Å². The van der Waals surface area contributed by atoms with Crippen LogP contribution >= 0.6 is 11.6 Å². The second-order valence-electron chi connectivity index (χ2n) is 8.17. The molecule has 0 saturated heterocycles. The lowest BCUT2D eigenvalue weighted by molar-refractivity contribution is 0.387. The van der Waals surface area contributed by atoms with Gasteiger partial charge in [0.2, 0.25) is 10.0 Å². The first-order valence-electron chi connectivity index (χ1n) is 10.8. The first-order valence-corrected chi connectivity index (χ1v) is 12.6. The number of hydrogen-bond acceptors (Lipinski definition) is 6. The van der Waals surface area contributed by atoms with Crippen LogP contribution in [0.3, 0.4) is 0 Å². The summed E-state index contributed by atoms with van der Waals surface area (Å²) in [5, 5.41) is 4.91. The molecule has 0 radical (unpaired) electrons. The molecule has 170 valence electrons. The summed E-state index contributed by atoms with van der Waals surface area (Å²) in [5.74, 6) is 0.704. The fourth-order valence-electron chi connectivity index (χ4n) is 4.28. The van der Waals surface area contributed by atoms with E-state index in [9.17, 15) is 8.42 Å². The average Bonchev–Trinajstić information content (AvgIpc) is 3.25. The first-order chi connectivity index (χ1) is 16.0. The third kappa shape index (κ3) is 4.85. The molecule has 0 atom stereocenters. The minimum Gasteiger partial charge on any atom is -0.367 e. The van der Waals surface area contributed by atoms with Gasteiger partial charge in [-0.15, -0.1) is 0 Å². The van der Waals surface area contributed by atoms with Crippen LogP contribution in [-0.4, -0.2) is 40.4 Å². The first kappa shape index (κ1) is 21.8. The van der Waals surface area contributed by atoms with Crippen LogP contribution in [0.15, 0.2) is 66.1 Å². The van der Waals surface area contributed by atoms with Gasteiger partial charge in [-0.2, -0.15) is 0 Å². The summed E-state index contributed by atoms with van der Waals surface area (Å²) in [6.07, 6.45) is 9.70. The van der Waals surface area contributed by atoms with E-state index in [1.54, 1.807) is 24.5 Å². The van der Waals surface area contributed by atoms with Gasteiger partial charge in [0.15, 0.2) is 0 Å². The predicted octanol–water partition coefficient (Wildman–Crippen LogP) is 4.37. The summed E-state index contributed by atoms with van der Waals surface area (Å²) in [4.78, 5) is 16.1. The number of rotatable bonds is 6. The van der Waals surface area contributed by atoms with E-state index >= 15 is 0 Å². The molecule has 10 heteroatoms. The lowest BCUT2D eigenvalue weighted by Crippen LogP contribution is -2.40. The summed E-state index contributed by atoms with van der Waals surface area (Å²) in [6.45, 7) is 0. The largest absolute Gasteiger partial charge is 0.367 e. The van der Waals surface area contributed by atoms with Crippen molar-refractivity contribution in [2.45, 2.75) is 42.7 Å². The summed E-state index contributed by atoms with van der Waals surface area (Å²) in [6, 6.07) is 11.0. The van der Waals surface area contributed by atoms with Gasteiger partial charge in [0, 0.05) is 47.8 Å². The van der Waals surface area contributed by atoms with E-state index in [2.05, 4.69) is 30.0 Å². The van der Waals surface area contributed by atoms with Crippen molar-refractivity contribution in [3.63, 3.8) is 0 Å². The molecule has 0 spiro atoms. The van der Waals surface area contributed by atoms with Crippen molar-refractivity contribution in [1.82, 2.24) is 24.7 Å². The van der Waals surface area contributed by atoms with Crippen LogP contribution in [0.1, 0.15) is 25.7 Å². The fraction of sp³-hybridized carbons (Fsp3) is 0.261. The van der Waals surface area contributed by atoms with Crippen molar-refractivity contribution in [2.75, 3.05) is 5.32 Å². The Balaban J connectivity index is 1.25. The molecule has 0 amide bonds. The highest BCUT2D eigenvalue weighted by Gasteiger charge is 2.26. The number of nitrogens with one attached hydrogen (secondary N) is 3. The molecule has 4 aromatic heterocycles. The van der Waals surface area contributed by atoms with Crippen LogP contribution in [0, 0.1) is 0 Å². The molecule has 0 bridgehead atoms. The number of pyridine rings is 3. The van der Waals surface area contributed by atoms with Gasteiger partial charge in [0.05, 0.1) is 0 Å². The third-order valence-electron chi connectivity index (χ3n) is 5.90. The number of sulfonamides is 1. The highest BCUT2D eigenvalue weighted by Crippen LogP contribution is 2.31. The highest BCUT2D eigenvalue weighted by molar-refractivity contribution is 7.89. The van der Waals surface area contributed by atoms with Crippen molar-refractivity contribution < 1.29 is 8.42 Å². The molecule has 33 heavy (non-hydrogen) atoms. The molecular weight excluding hydrogens is 460 g/mol. The van der Waals surface area contributed by atoms with E-state index in [1.165, 1.54) is 6.20 Å². The maximum atomic E-state index is 12.6. The van der Waals surface area contributed by atoms with Crippen molar-refractivity contribution in [3.8, 4) is 11.1 Å². The molecule has 3 N–H and O–H groups in total. The monoisotopic (exact) mass is 482 g/mol. The Morgan fingerprint density at radius 2 is 1.82 bits per heavy atom. The third-order valence-corrected chi connectivity index (χ3v) is 7.60. The van der Waals surface area contributed by atoms with Crippen LogP contribution in [0.2, 0.25) is 5.15 Å². The molecule has 4 heterocycles. The van der Waals surface area contributed by atoms with Crippen LogP contribution < -0.4 is 10.0 Å². The maximum absolute atomic E-state index is 12.6. The number of nitrogens with zero attached hydrogens (tertiary/aromatic N) is 3. The number of hydrogen-bond donors (Lipinski definition) is 3. The van der Waals surface area contributed by atoms with Crippen molar-refractivity contribution in [2.24, 2.45) is 0 Å². The zero-order valence-electron chi connectivity index (χ0n) is 17.7. The minimum atomic E-state index is -3.56. The fourth-order valence-corrected chi connectivity index (χ4v) is 5.76. The molecule has 4 aromatic rings. The second-order valence-corrected chi connectivity index (χ2v) is 10.3. The van der Waals surface area contributed by atoms with Gasteiger partial charge in [0.25, 0.3) is 0 Å². The van der Waals surface area contributed by atoms with Gasteiger partial charge in [-0.1, -0.05) is 11.6 Å². The smallest absolute Gasteiger partial charge is 0.242 e. The number of aromatic nitrogens is 4. The Hall–Kier alpha value is -3.01. The number of fused-ring (bicyclic) bond motifs is 1. The minimum absolute atomic E-state index is 0.102. The van der Waals surface area contributed by atoms with Gasteiger partial charge in [-0.25, -0.2) is 23.1 Å². The van der Waals surface area contributed by atoms with Gasteiger partial charge in [-0.3, -0.25) is 4.98 Å². The van der Waals surface area contributed by atoms with Crippen molar-refractivity contribution >= 4 is 38.5 Å². The molecule has 5 rings (SSSR count). The molecular formula is C23H23ClN6O2S. The number of anilines is 1. The number of aromatic amines is 1. The Labute approximate surface area is 196 Å². The Morgan fingerprint density at radius 1 is 1.03 bits per heavy atom. The molecule has 0 unspecified atom stereocenters. The van der Waals surface area contributed by atoms with E-state index in [1.807, 2.05) is 30.5 Å². The van der Waals surface area contributed by atoms with Crippen LogP contribution in [0.4, 0.5) is 5.82 Å². The normalized spacial score (nSPS) is 18.9. The lowest BCUT2D eigenvalue weighted by atomic mass is 9.92. The maximum Gasteiger partial charge on any atom is 0.242 e. The zero-order chi connectivity index (χ0) is 22.8. The Kier molecular flexibility index (Phi) is 6.01. The predicted molar refractivity (Wildman–Crippen MR) is 129 cm³/mol. The highest BCUT2D eigenvalue weighted by atomic mass is 35.5. The number of H-pyrrole nitrogens is 1. The summed E-state index contributed by atoms with van der Waals surface area (Å²) < 4.78 is 27.9. The molecule has 0 aromatic carbocycles. The molecule has 0 aliphatic heterocycles. The average molecular weight is 483 g/mol. The SMILES string of the molecule is O=S(=O)(NC1CCC(Nc2cc(-c3c[nH]c4ncccc34)cc(Cl)n2)CC1)c1cccnc1. The molecule has 1 saturated carbocycles. The van der Waals surface area contributed by atoms with Gasteiger partial charge < -0.3 is 10.3 Å². The quantitative estimate of drug-likeness (QED) is 0.352. The Bertz CT molecular complexity index is 1370. The lowest BCUT2D eigenvalue weighted by Gasteiger charge is -2.30. The Morgan fingerprint density at radius 3 is 2.61 bits per heavy atom. The number of halogens is 1. The molecule has 1 fully saturated rings. The van der Waals surface area contributed by atoms with Crippen LogP contribution in [-0.2, 0) is 10.0 Å². The van der Waals surface area contributed by atoms with E-state index < -0.39 is 10.0 Å². The second kappa shape index (κ2) is 9.09. The summed E-state index contributed by atoms with van der Waals surface area (Å²) in [7, 11) is -3.56. The summed E-state index contributed by atoms with van der Waals surface area (Å²) in [5.41, 5.74) is 2.79. The van der Waals surface area contributed by atoms with Crippen molar-refractivity contribution in [3.05, 3.63) is 66.3 Å². The van der Waals surface area contributed by atoms with E-state index in [0.29, 0.717) is 11.0 Å². The molecule has 1 aliphatic carbocycles. The van der Waals surface area contributed by atoms with E-state index in [-0.39, 0.29) is 17.0 Å².